The maximum atomic E-state index is 12.5. The Kier molecular flexibility index (Phi) is 8.08. The third kappa shape index (κ3) is 8.05. The van der Waals surface area contributed by atoms with E-state index >= 15 is 0 Å². The van der Waals surface area contributed by atoms with Crippen LogP contribution in [0.15, 0.2) is 40.8 Å². The molecule has 0 saturated heterocycles. The number of benzene rings is 1. The molecule has 2 rings (SSSR count). The second-order valence-corrected chi connectivity index (χ2v) is 8.54. The summed E-state index contributed by atoms with van der Waals surface area (Å²) in [6, 6.07) is 8.04. The number of nitrogens with one attached hydrogen (secondary N) is 3. The highest BCUT2D eigenvalue weighted by Crippen LogP contribution is 2.21. The van der Waals surface area contributed by atoms with Gasteiger partial charge in [-0.15, -0.1) is 11.3 Å². The Balaban J connectivity index is 1.99. The van der Waals surface area contributed by atoms with Gasteiger partial charge in [0.05, 0.1) is 24.5 Å². The van der Waals surface area contributed by atoms with Gasteiger partial charge in [0.1, 0.15) is 4.88 Å². The molecule has 10 nitrogen and oxygen atoms in total. The van der Waals surface area contributed by atoms with Crippen molar-refractivity contribution in [3.05, 3.63) is 46.3 Å². The molecule has 1 aromatic heterocycles. The van der Waals surface area contributed by atoms with E-state index in [1.807, 2.05) is 20.8 Å². The van der Waals surface area contributed by atoms with E-state index in [9.17, 15) is 14.4 Å². The summed E-state index contributed by atoms with van der Waals surface area (Å²) >= 11 is 1.07. The second kappa shape index (κ2) is 10.5. The highest BCUT2D eigenvalue weighted by molar-refractivity contribution is 7.12. The molecule has 1 heterocycles. The van der Waals surface area contributed by atoms with Gasteiger partial charge in [-0.05, 0) is 26.3 Å². The predicted molar refractivity (Wildman–Crippen MR) is 118 cm³/mol. The van der Waals surface area contributed by atoms with Gasteiger partial charge in [0.2, 0.25) is 5.91 Å². The number of carboxylic acid groups (broad SMARTS) is 1. The Labute approximate surface area is 184 Å². The SMILES string of the molecule is CC(C)(C)N/C(N)=N/c1ncsc1C(=O)NCC(=O)NC(CC(=O)O)c1ccccc1. The van der Waals surface area contributed by atoms with Crippen LogP contribution >= 0.6 is 11.3 Å². The highest BCUT2D eigenvalue weighted by Gasteiger charge is 2.20. The number of hydrogen-bond donors (Lipinski definition) is 5. The van der Waals surface area contributed by atoms with Crippen LogP contribution in [-0.2, 0) is 9.59 Å². The summed E-state index contributed by atoms with van der Waals surface area (Å²) < 4.78 is 0. The van der Waals surface area contributed by atoms with E-state index in [0.717, 1.165) is 11.3 Å². The lowest BCUT2D eigenvalue weighted by atomic mass is 10.0. The third-order valence-corrected chi connectivity index (χ3v) is 4.62. The first kappa shape index (κ1) is 23.8. The zero-order chi connectivity index (χ0) is 23.0. The van der Waals surface area contributed by atoms with E-state index in [1.54, 1.807) is 30.3 Å². The number of carbonyl (C=O) groups excluding carboxylic acids is 2. The van der Waals surface area contributed by atoms with E-state index in [0.29, 0.717) is 5.56 Å². The maximum Gasteiger partial charge on any atom is 0.305 e. The van der Waals surface area contributed by atoms with Crippen LogP contribution < -0.4 is 21.7 Å². The van der Waals surface area contributed by atoms with Gasteiger partial charge in [-0.2, -0.15) is 4.99 Å². The Morgan fingerprint density at radius 3 is 2.52 bits per heavy atom. The Hall–Kier alpha value is -3.47. The van der Waals surface area contributed by atoms with Crippen molar-refractivity contribution in [3.8, 4) is 0 Å². The number of carbonyl (C=O) groups is 3. The molecule has 0 bridgehead atoms. The Morgan fingerprint density at radius 2 is 1.90 bits per heavy atom. The normalized spacial score (nSPS) is 12.7. The molecule has 0 aliphatic rings. The molecule has 0 fully saturated rings. The summed E-state index contributed by atoms with van der Waals surface area (Å²) in [6.07, 6.45) is -0.280. The van der Waals surface area contributed by atoms with E-state index in [2.05, 4.69) is 25.9 Å². The molecule has 0 aliphatic carbocycles. The topological polar surface area (TPSA) is 159 Å². The van der Waals surface area contributed by atoms with Crippen molar-refractivity contribution in [1.29, 1.82) is 0 Å². The highest BCUT2D eigenvalue weighted by atomic mass is 32.1. The van der Waals surface area contributed by atoms with Crippen LogP contribution in [0.5, 0.6) is 0 Å². The summed E-state index contributed by atoms with van der Waals surface area (Å²) in [6.45, 7) is 5.40. The molecule has 0 spiro atoms. The van der Waals surface area contributed by atoms with Crippen LogP contribution in [0.1, 0.15) is 48.5 Å². The van der Waals surface area contributed by atoms with Crippen LogP contribution in [0.2, 0.25) is 0 Å². The molecule has 2 amide bonds. The number of carboxylic acids is 1. The number of aromatic nitrogens is 1. The fourth-order valence-corrected chi connectivity index (χ4v) is 3.24. The lowest BCUT2D eigenvalue weighted by Crippen LogP contribution is -2.44. The molecule has 166 valence electrons. The van der Waals surface area contributed by atoms with E-state index < -0.39 is 23.8 Å². The summed E-state index contributed by atoms with van der Waals surface area (Å²) in [7, 11) is 0. The van der Waals surface area contributed by atoms with E-state index in [1.165, 1.54) is 5.51 Å². The minimum Gasteiger partial charge on any atom is -0.481 e. The van der Waals surface area contributed by atoms with Crippen molar-refractivity contribution in [2.75, 3.05) is 6.54 Å². The van der Waals surface area contributed by atoms with Gasteiger partial charge in [-0.3, -0.25) is 14.4 Å². The number of aliphatic carboxylic acids is 1. The average Bonchev–Trinajstić information content (AvgIpc) is 3.12. The molecule has 0 radical (unpaired) electrons. The first-order valence-electron chi connectivity index (χ1n) is 9.45. The number of hydrogen-bond acceptors (Lipinski definition) is 6. The minimum absolute atomic E-state index is 0.115. The predicted octanol–water partition coefficient (Wildman–Crippen LogP) is 1.54. The fraction of sp³-hybridized carbons (Fsp3) is 0.350. The summed E-state index contributed by atoms with van der Waals surface area (Å²) in [4.78, 5) is 44.3. The summed E-state index contributed by atoms with van der Waals surface area (Å²) in [5, 5.41) is 17.2. The fourth-order valence-electron chi connectivity index (χ4n) is 2.60. The minimum atomic E-state index is -1.05. The third-order valence-electron chi connectivity index (χ3n) is 3.81. The van der Waals surface area contributed by atoms with Gasteiger partial charge in [0, 0.05) is 5.54 Å². The number of amides is 2. The number of aliphatic imine (C=N–C) groups is 1. The first-order valence-corrected chi connectivity index (χ1v) is 10.3. The molecule has 1 atom stereocenters. The van der Waals surface area contributed by atoms with E-state index in [4.69, 9.17) is 10.8 Å². The van der Waals surface area contributed by atoms with E-state index in [-0.39, 0.29) is 35.2 Å². The molecular weight excluding hydrogens is 420 g/mol. The lowest BCUT2D eigenvalue weighted by molar-refractivity contribution is -0.137. The second-order valence-electron chi connectivity index (χ2n) is 7.69. The Morgan fingerprint density at radius 1 is 1.23 bits per heavy atom. The smallest absolute Gasteiger partial charge is 0.305 e. The molecule has 11 heteroatoms. The van der Waals surface area contributed by atoms with Crippen LogP contribution in [-0.4, -0.2) is 45.9 Å². The lowest BCUT2D eigenvalue weighted by Gasteiger charge is -2.20. The number of nitrogens with zero attached hydrogens (tertiary/aromatic N) is 2. The van der Waals surface area contributed by atoms with Gasteiger partial charge in [0.25, 0.3) is 5.91 Å². The van der Waals surface area contributed by atoms with Crippen molar-refractivity contribution in [2.24, 2.45) is 10.7 Å². The molecule has 0 saturated carbocycles. The van der Waals surface area contributed by atoms with Gasteiger partial charge < -0.3 is 26.8 Å². The molecule has 1 unspecified atom stereocenters. The van der Waals surface area contributed by atoms with Crippen LogP contribution in [0.4, 0.5) is 5.82 Å². The van der Waals surface area contributed by atoms with Crippen molar-refractivity contribution in [3.63, 3.8) is 0 Å². The van der Waals surface area contributed by atoms with Gasteiger partial charge in [-0.1, -0.05) is 30.3 Å². The van der Waals surface area contributed by atoms with Gasteiger partial charge in [0.15, 0.2) is 11.8 Å². The van der Waals surface area contributed by atoms with Gasteiger partial charge in [-0.25, -0.2) is 4.98 Å². The van der Waals surface area contributed by atoms with Crippen LogP contribution in [0.25, 0.3) is 0 Å². The first-order chi connectivity index (χ1) is 14.5. The average molecular weight is 447 g/mol. The molecular formula is C20H26N6O4S. The van der Waals surface area contributed by atoms with Crippen LogP contribution in [0.3, 0.4) is 0 Å². The Bertz CT molecular complexity index is 952. The monoisotopic (exact) mass is 446 g/mol. The zero-order valence-corrected chi connectivity index (χ0v) is 18.3. The largest absolute Gasteiger partial charge is 0.481 e. The standard InChI is InChI=1S/C20H26N6O4S/c1-20(2,3)26-19(21)25-17-16(31-11-23-17)18(30)22-10-14(27)24-13(9-15(28)29)12-7-5-4-6-8-12/h4-8,11,13H,9-10H2,1-3H3,(H,22,30)(H,24,27)(H,28,29)(H3,21,25,26). The molecule has 6 N–H and O–H groups in total. The van der Waals surface area contributed by atoms with Gasteiger partial charge >= 0.3 is 5.97 Å². The van der Waals surface area contributed by atoms with Crippen molar-refractivity contribution in [1.82, 2.24) is 20.9 Å². The summed E-state index contributed by atoms with van der Waals surface area (Å²) in [5.41, 5.74) is 7.65. The molecule has 31 heavy (non-hydrogen) atoms. The number of thiazole rings is 1. The van der Waals surface area contributed by atoms with Crippen molar-refractivity contribution in [2.45, 2.75) is 38.8 Å². The van der Waals surface area contributed by atoms with Crippen molar-refractivity contribution < 1.29 is 19.5 Å². The number of rotatable bonds is 8. The van der Waals surface area contributed by atoms with Crippen LogP contribution in [0, 0.1) is 0 Å². The quantitative estimate of drug-likeness (QED) is 0.304. The zero-order valence-electron chi connectivity index (χ0n) is 17.5. The maximum absolute atomic E-state index is 12.5. The number of nitrogens with two attached hydrogens (primary N) is 1. The molecule has 0 aliphatic heterocycles. The molecule has 2 aromatic rings. The number of guanidine groups is 1. The van der Waals surface area contributed by atoms with Crippen molar-refractivity contribution >= 4 is 40.9 Å². The molecule has 1 aromatic carbocycles. The summed E-state index contributed by atoms with van der Waals surface area (Å²) in [5.74, 6) is -1.84.